The van der Waals surface area contributed by atoms with Crippen molar-refractivity contribution in [3.05, 3.63) is 71.4 Å². The minimum absolute atomic E-state index is 0.0778. The second-order valence-electron chi connectivity index (χ2n) is 9.06. The molecule has 0 radical (unpaired) electrons. The number of fused-ring (bicyclic) bond motifs is 1. The lowest BCUT2D eigenvalue weighted by molar-refractivity contribution is 0.0743. The summed E-state index contributed by atoms with van der Waals surface area (Å²) in [7, 11) is 1.65. The number of carbonyl (C=O) groups excluding carboxylic acids is 1. The summed E-state index contributed by atoms with van der Waals surface area (Å²) < 4.78 is 5.31. The molecular formula is C27H29N5O2. The highest BCUT2D eigenvalue weighted by molar-refractivity contribution is 5.98. The molecule has 1 fully saturated rings. The SMILES string of the molecule is COc1ccc2nc(CCN(CC3CC3)C(=O)c3nccnc3-c3ccc(C)c(C)c3)[nH]c2c1. The number of hydrogen-bond donors (Lipinski definition) is 1. The highest BCUT2D eigenvalue weighted by Gasteiger charge is 2.29. The summed E-state index contributed by atoms with van der Waals surface area (Å²) in [4.78, 5) is 32.7. The molecule has 1 N–H and O–H groups in total. The van der Waals surface area contributed by atoms with Crippen molar-refractivity contribution in [2.75, 3.05) is 20.2 Å². The van der Waals surface area contributed by atoms with Crippen LogP contribution >= 0.6 is 0 Å². The Morgan fingerprint density at radius 3 is 2.68 bits per heavy atom. The Morgan fingerprint density at radius 1 is 1.09 bits per heavy atom. The molecule has 2 heterocycles. The third-order valence-corrected chi connectivity index (χ3v) is 6.50. The molecule has 1 aliphatic rings. The van der Waals surface area contributed by atoms with Crippen molar-refractivity contribution in [1.82, 2.24) is 24.8 Å². The first-order valence-electron chi connectivity index (χ1n) is 11.7. The van der Waals surface area contributed by atoms with Gasteiger partial charge in [-0.1, -0.05) is 12.1 Å². The van der Waals surface area contributed by atoms with Crippen LogP contribution in [0, 0.1) is 19.8 Å². The Hall–Kier alpha value is -3.74. The van der Waals surface area contributed by atoms with Crippen LogP contribution in [0.3, 0.4) is 0 Å². The van der Waals surface area contributed by atoms with Crippen LogP contribution in [0.25, 0.3) is 22.3 Å². The van der Waals surface area contributed by atoms with Crippen LogP contribution in [0.15, 0.2) is 48.8 Å². The number of H-pyrrole nitrogens is 1. The zero-order valence-corrected chi connectivity index (χ0v) is 19.8. The number of nitrogens with zero attached hydrogens (tertiary/aromatic N) is 4. The van der Waals surface area contributed by atoms with E-state index in [2.05, 4.69) is 40.9 Å². The van der Waals surface area contributed by atoms with E-state index in [1.807, 2.05) is 29.2 Å². The van der Waals surface area contributed by atoms with E-state index >= 15 is 0 Å². The van der Waals surface area contributed by atoms with E-state index in [9.17, 15) is 4.79 Å². The maximum absolute atomic E-state index is 13.7. The fraction of sp³-hybridized carbons (Fsp3) is 0.333. The normalized spacial score (nSPS) is 13.3. The summed E-state index contributed by atoms with van der Waals surface area (Å²) in [6.45, 7) is 5.44. The molecule has 34 heavy (non-hydrogen) atoms. The average molecular weight is 456 g/mol. The van der Waals surface area contributed by atoms with E-state index in [0.717, 1.165) is 40.3 Å². The van der Waals surface area contributed by atoms with Gasteiger partial charge in [0.25, 0.3) is 5.91 Å². The number of aromatic nitrogens is 4. The monoisotopic (exact) mass is 455 g/mol. The molecule has 0 atom stereocenters. The smallest absolute Gasteiger partial charge is 0.274 e. The van der Waals surface area contributed by atoms with Crippen molar-refractivity contribution in [2.24, 2.45) is 5.92 Å². The highest BCUT2D eigenvalue weighted by atomic mass is 16.5. The molecule has 0 spiro atoms. The van der Waals surface area contributed by atoms with Gasteiger partial charge in [-0.3, -0.25) is 9.78 Å². The quantitative estimate of drug-likeness (QED) is 0.415. The molecule has 5 rings (SSSR count). The predicted molar refractivity (Wildman–Crippen MR) is 132 cm³/mol. The Labute approximate surface area is 199 Å². The van der Waals surface area contributed by atoms with Crippen LogP contribution in [0.4, 0.5) is 0 Å². The zero-order chi connectivity index (χ0) is 23.7. The number of aromatic amines is 1. The minimum Gasteiger partial charge on any atom is -0.497 e. The fourth-order valence-electron chi connectivity index (χ4n) is 4.16. The van der Waals surface area contributed by atoms with Crippen LogP contribution in [-0.2, 0) is 6.42 Å². The molecule has 4 aromatic rings. The van der Waals surface area contributed by atoms with Crippen molar-refractivity contribution in [2.45, 2.75) is 33.1 Å². The van der Waals surface area contributed by atoms with Crippen LogP contribution < -0.4 is 4.74 Å². The maximum Gasteiger partial charge on any atom is 0.274 e. The number of nitrogens with one attached hydrogen (secondary N) is 1. The number of benzene rings is 2. The van der Waals surface area contributed by atoms with Crippen LogP contribution in [-0.4, -0.2) is 50.9 Å². The number of aryl methyl sites for hydroxylation is 2. The topological polar surface area (TPSA) is 84.0 Å². The first-order chi connectivity index (χ1) is 16.5. The third-order valence-electron chi connectivity index (χ3n) is 6.50. The zero-order valence-electron chi connectivity index (χ0n) is 19.8. The lowest BCUT2D eigenvalue weighted by atomic mass is 10.0. The lowest BCUT2D eigenvalue weighted by Crippen LogP contribution is -2.36. The molecular weight excluding hydrogens is 426 g/mol. The van der Waals surface area contributed by atoms with Crippen molar-refractivity contribution in [1.29, 1.82) is 0 Å². The average Bonchev–Trinajstić information content (AvgIpc) is 3.59. The lowest BCUT2D eigenvalue weighted by Gasteiger charge is -2.23. The van der Waals surface area contributed by atoms with Gasteiger partial charge < -0.3 is 14.6 Å². The predicted octanol–water partition coefficient (Wildman–Crippen LogP) is 4.74. The Balaban J connectivity index is 1.39. The number of hydrogen-bond acceptors (Lipinski definition) is 5. The second-order valence-corrected chi connectivity index (χ2v) is 9.06. The van der Waals surface area contributed by atoms with Gasteiger partial charge in [0.05, 0.1) is 18.1 Å². The first kappa shape index (κ1) is 22.1. The van der Waals surface area contributed by atoms with Crippen molar-refractivity contribution in [3.63, 3.8) is 0 Å². The van der Waals surface area contributed by atoms with Gasteiger partial charge in [0.1, 0.15) is 17.3 Å². The van der Waals surface area contributed by atoms with Gasteiger partial charge in [0.2, 0.25) is 0 Å². The van der Waals surface area contributed by atoms with Crippen LogP contribution in [0.2, 0.25) is 0 Å². The minimum atomic E-state index is -0.0778. The Bertz CT molecular complexity index is 1340. The van der Waals surface area contributed by atoms with E-state index in [4.69, 9.17) is 9.72 Å². The van der Waals surface area contributed by atoms with E-state index in [-0.39, 0.29) is 5.91 Å². The number of carbonyl (C=O) groups is 1. The van der Waals surface area contributed by atoms with Gasteiger partial charge in [0, 0.05) is 43.5 Å². The van der Waals surface area contributed by atoms with Gasteiger partial charge in [-0.15, -0.1) is 0 Å². The number of ether oxygens (including phenoxy) is 1. The molecule has 174 valence electrons. The van der Waals surface area contributed by atoms with Gasteiger partial charge in [-0.25, -0.2) is 9.97 Å². The molecule has 0 bridgehead atoms. The van der Waals surface area contributed by atoms with Gasteiger partial charge in [-0.2, -0.15) is 0 Å². The molecule has 1 aliphatic carbocycles. The molecule has 7 heteroatoms. The van der Waals surface area contributed by atoms with Gasteiger partial charge >= 0.3 is 0 Å². The molecule has 0 unspecified atom stereocenters. The Morgan fingerprint density at radius 2 is 1.91 bits per heavy atom. The molecule has 2 aromatic heterocycles. The van der Waals surface area contributed by atoms with Gasteiger partial charge in [0.15, 0.2) is 5.69 Å². The van der Waals surface area contributed by atoms with Crippen molar-refractivity contribution >= 4 is 16.9 Å². The summed E-state index contributed by atoms with van der Waals surface area (Å²) in [6, 6.07) is 11.9. The fourth-order valence-corrected chi connectivity index (χ4v) is 4.16. The highest BCUT2D eigenvalue weighted by Crippen LogP contribution is 2.31. The van der Waals surface area contributed by atoms with E-state index < -0.39 is 0 Å². The summed E-state index contributed by atoms with van der Waals surface area (Å²) in [5.41, 5.74) is 6.14. The van der Waals surface area contributed by atoms with Crippen LogP contribution in [0.1, 0.15) is 40.3 Å². The number of rotatable bonds is 8. The van der Waals surface area contributed by atoms with E-state index in [1.54, 1.807) is 19.5 Å². The van der Waals surface area contributed by atoms with E-state index in [1.165, 1.54) is 18.4 Å². The second kappa shape index (κ2) is 9.25. The molecule has 1 amide bonds. The summed E-state index contributed by atoms with van der Waals surface area (Å²) in [6.07, 6.45) is 6.21. The summed E-state index contributed by atoms with van der Waals surface area (Å²) in [5.74, 6) is 2.12. The largest absolute Gasteiger partial charge is 0.497 e. The number of amides is 1. The molecule has 2 aromatic carbocycles. The van der Waals surface area contributed by atoms with Gasteiger partial charge in [-0.05, 0) is 61.9 Å². The molecule has 0 aliphatic heterocycles. The molecule has 1 saturated carbocycles. The van der Waals surface area contributed by atoms with Crippen LogP contribution in [0.5, 0.6) is 5.75 Å². The third kappa shape index (κ3) is 4.64. The standard InChI is InChI=1S/C27H29N5O2/c1-17-4-7-20(14-18(17)2)25-26(29-12-11-28-25)27(33)32(16-19-5-6-19)13-10-24-30-22-9-8-21(34-3)15-23(22)31-24/h4,7-9,11-12,14-15,19H,5-6,10,13,16H2,1-3H3,(H,30,31). The summed E-state index contributed by atoms with van der Waals surface area (Å²) in [5, 5.41) is 0. The van der Waals surface area contributed by atoms with Crippen molar-refractivity contribution < 1.29 is 9.53 Å². The molecule has 7 nitrogen and oxygen atoms in total. The first-order valence-corrected chi connectivity index (χ1v) is 11.7. The number of methoxy groups -OCH3 is 1. The maximum atomic E-state index is 13.7. The number of imidazole rings is 1. The van der Waals surface area contributed by atoms with E-state index in [0.29, 0.717) is 30.3 Å². The van der Waals surface area contributed by atoms with Crippen molar-refractivity contribution in [3.8, 4) is 17.0 Å². The summed E-state index contributed by atoms with van der Waals surface area (Å²) >= 11 is 0. The molecule has 0 saturated heterocycles. The Kier molecular flexibility index (Phi) is 6.01.